The average molecular weight is 249 g/mol. The van der Waals surface area contributed by atoms with Crippen molar-refractivity contribution in [1.29, 1.82) is 0 Å². The molecule has 2 unspecified atom stereocenters. The molecule has 2 nitrogen and oxygen atoms in total. The van der Waals surface area contributed by atoms with E-state index in [9.17, 15) is 4.79 Å². The highest BCUT2D eigenvalue weighted by molar-refractivity contribution is 7.09. The van der Waals surface area contributed by atoms with Crippen LogP contribution in [0.5, 0.6) is 0 Å². The second kappa shape index (κ2) is 4.91. The Hall–Kier alpha value is -0.670. The van der Waals surface area contributed by atoms with E-state index in [1.165, 1.54) is 24.1 Å². The zero-order valence-corrected chi connectivity index (χ0v) is 10.9. The van der Waals surface area contributed by atoms with Crippen LogP contribution in [0.4, 0.5) is 0 Å². The zero-order chi connectivity index (χ0) is 11.7. The highest BCUT2D eigenvalue weighted by Gasteiger charge is 2.36. The van der Waals surface area contributed by atoms with Gasteiger partial charge in [0.2, 0.25) is 0 Å². The smallest absolute Gasteiger partial charge is 0.136 e. The lowest BCUT2D eigenvalue weighted by Crippen LogP contribution is -2.52. The first kappa shape index (κ1) is 11.4. The van der Waals surface area contributed by atoms with Gasteiger partial charge in [0.25, 0.3) is 0 Å². The van der Waals surface area contributed by atoms with Gasteiger partial charge in [0, 0.05) is 36.3 Å². The van der Waals surface area contributed by atoms with Gasteiger partial charge < -0.3 is 0 Å². The van der Waals surface area contributed by atoms with E-state index in [1.54, 1.807) is 0 Å². The molecule has 2 bridgehead atoms. The van der Waals surface area contributed by atoms with Gasteiger partial charge in [0.1, 0.15) is 5.78 Å². The van der Waals surface area contributed by atoms with Crippen molar-refractivity contribution in [3.63, 3.8) is 0 Å². The summed E-state index contributed by atoms with van der Waals surface area (Å²) >= 11 is 1.85. The van der Waals surface area contributed by atoms with Crippen LogP contribution in [-0.4, -0.2) is 29.3 Å². The van der Waals surface area contributed by atoms with Crippen LogP contribution in [0.1, 0.15) is 37.0 Å². The molecule has 0 amide bonds. The third kappa shape index (κ3) is 2.45. The second-order valence-electron chi connectivity index (χ2n) is 5.25. The van der Waals surface area contributed by atoms with Gasteiger partial charge in [-0.15, -0.1) is 11.3 Å². The van der Waals surface area contributed by atoms with Crippen molar-refractivity contribution in [2.75, 3.05) is 6.54 Å². The van der Waals surface area contributed by atoms with Gasteiger partial charge in [-0.05, 0) is 30.7 Å². The van der Waals surface area contributed by atoms with E-state index < -0.39 is 0 Å². The number of hydrogen-bond acceptors (Lipinski definition) is 3. The predicted octanol–water partition coefficient (Wildman–Crippen LogP) is 2.88. The Morgan fingerprint density at radius 2 is 2.06 bits per heavy atom. The standard InChI is InChI=1S/C14H19NOS/c16-13-9-11-3-1-4-12(10-13)15(11)7-6-14-5-2-8-17-14/h2,5,8,11-12H,1,3-4,6-7,9-10H2. The van der Waals surface area contributed by atoms with Crippen LogP contribution >= 0.6 is 11.3 Å². The van der Waals surface area contributed by atoms with E-state index in [0.29, 0.717) is 17.9 Å². The van der Waals surface area contributed by atoms with Gasteiger partial charge in [-0.3, -0.25) is 9.69 Å². The van der Waals surface area contributed by atoms with Crippen LogP contribution in [0, 0.1) is 0 Å². The molecule has 2 fully saturated rings. The average Bonchev–Trinajstić information content (AvgIpc) is 2.79. The van der Waals surface area contributed by atoms with Crippen molar-refractivity contribution >= 4 is 17.1 Å². The maximum atomic E-state index is 11.6. The van der Waals surface area contributed by atoms with Crippen LogP contribution < -0.4 is 0 Å². The Balaban J connectivity index is 1.64. The normalized spacial score (nSPS) is 29.5. The summed E-state index contributed by atoms with van der Waals surface area (Å²) in [6.45, 7) is 1.14. The molecule has 3 heteroatoms. The Bertz CT molecular complexity index is 371. The predicted molar refractivity (Wildman–Crippen MR) is 70.4 cm³/mol. The van der Waals surface area contributed by atoms with Crippen molar-refractivity contribution in [2.24, 2.45) is 0 Å². The van der Waals surface area contributed by atoms with E-state index in [0.717, 1.165) is 25.8 Å². The lowest BCUT2D eigenvalue weighted by atomic mass is 9.83. The van der Waals surface area contributed by atoms with E-state index in [-0.39, 0.29) is 0 Å². The van der Waals surface area contributed by atoms with Crippen LogP contribution in [0.25, 0.3) is 0 Å². The number of fused-ring (bicyclic) bond motifs is 2. The third-order valence-corrected chi connectivity index (χ3v) is 5.07. The molecule has 92 valence electrons. The number of nitrogens with zero attached hydrogens (tertiary/aromatic N) is 1. The number of hydrogen-bond donors (Lipinski definition) is 0. The van der Waals surface area contributed by atoms with Crippen molar-refractivity contribution in [1.82, 2.24) is 4.90 Å². The molecule has 1 aromatic rings. The fourth-order valence-electron chi connectivity index (χ4n) is 3.33. The molecule has 0 radical (unpaired) electrons. The third-order valence-electron chi connectivity index (χ3n) is 4.14. The summed E-state index contributed by atoms with van der Waals surface area (Å²) in [6.07, 6.45) is 6.54. The molecular formula is C14H19NOS. The van der Waals surface area contributed by atoms with Gasteiger partial charge in [0.05, 0.1) is 0 Å². The van der Waals surface area contributed by atoms with Gasteiger partial charge in [-0.1, -0.05) is 12.5 Å². The summed E-state index contributed by atoms with van der Waals surface area (Å²) in [7, 11) is 0. The van der Waals surface area contributed by atoms with Crippen molar-refractivity contribution in [3.05, 3.63) is 22.4 Å². The zero-order valence-electron chi connectivity index (χ0n) is 10.1. The number of piperidine rings is 2. The molecule has 0 spiro atoms. The monoisotopic (exact) mass is 249 g/mol. The Kier molecular flexibility index (Phi) is 3.30. The lowest BCUT2D eigenvalue weighted by molar-refractivity contribution is -0.127. The topological polar surface area (TPSA) is 20.3 Å². The highest BCUT2D eigenvalue weighted by atomic mass is 32.1. The molecular weight excluding hydrogens is 230 g/mol. The van der Waals surface area contributed by atoms with Crippen LogP contribution in [0.15, 0.2) is 17.5 Å². The van der Waals surface area contributed by atoms with E-state index in [2.05, 4.69) is 22.4 Å². The molecule has 17 heavy (non-hydrogen) atoms. The summed E-state index contributed by atoms with van der Waals surface area (Å²) in [5.41, 5.74) is 0. The number of rotatable bonds is 3. The molecule has 3 heterocycles. The SMILES string of the molecule is O=C1CC2CCCC(C1)N2CCc1cccs1. The molecule has 2 aliphatic heterocycles. The van der Waals surface area contributed by atoms with Crippen LogP contribution in [0.3, 0.4) is 0 Å². The maximum Gasteiger partial charge on any atom is 0.136 e. The summed E-state index contributed by atoms with van der Waals surface area (Å²) in [5, 5.41) is 2.15. The summed E-state index contributed by atoms with van der Waals surface area (Å²) in [5.74, 6) is 0.493. The summed E-state index contributed by atoms with van der Waals surface area (Å²) < 4.78 is 0. The Morgan fingerprint density at radius 3 is 2.71 bits per heavy atom. The number of carbonyl (C=O) groups excluding carboxylic acids is 1. The number of thiophene rings is 1. The van der Waals surface area contributed by atoms with Crippen LogP contribution in [0.2, 0.25) is 0 Å². The largest absolute Gasteiger partial charge is 0.300 e. The number of Topliss-reactive ketones (excluding diaryl/α,β-unsaturated/α-hetero) is 1. The first-order valence-corrected chi connectivity index (χ1v) is 7.51. The van der Waals surface area contributed by atoms with E-state index >= 15 is 0 Å². The minimum absolute atomic E-state index is 0.493. The summed E-state index contributed by atoms with van der Waals surface area (Å²) in [6, 6.07) is 5.45. The van der Waals surface area contributed by atoms with Crippen molar-refractivity contribution in [3.8, 4) is 0 Å². The van der Waals surface area contributed by atoms with Crippen molar-refractivity contribution in [2.45, 2.75) is 50.6 Å². The Labute approximate surface area is 107 Å². The summed E-state index contributed by atoms with van der Waals surface area (Å²) in [4.78, 5) is 15.7. The number of ketones is 1. The molecule has 0 N–H and O–H groups in total. The van der Waals surface area contributed by atoms with Crippen LogP contribution in [-0.2, 0) is 11.2 Å². The Morgan fingerprint density at radius 1 is 1.29 bits per heavy atom. The second-order valence-corrected chi connectivity index (χ2v) is 6.28. The molecule has 2 aliphatic rings. The first-order chi connectivity index (χ1) is 8.33. The van der Waals surface area contributed by atoms with Crippen molar-refractivity contribution < 1.29 is 4.79 Å². The minimum Gasteiger partial charge on any atom is -0.300 e. The van der Waals surface area contributed by atoms with Gasteiger partial charge >= 0.3 is 0 Å². The first-order valence-electron chi connectivity index (χ1n) is 6.63. The highest BCUT2D eigenvalue weighted by Crippen LogP contribution is 2.32. The molecule has 0 saturated carbocycles. The molecule has 3 rings (SSSR count). The minimum atomic E-state index is 0.493. The molecule has 2 atom stereocenters. The molecule has 1 aromatic heterocycles. The van der Waals surface area contributed by atoms with Gasteiger partial charge in [-0.2, -0.15) is 0 Å². The van der Waals surface area contributed by atoms with Gasteiger partial charge in [0.15, 0.2) is 0 Å². The fraction of sp³-hybridized carbons (Fsp3) is 0.643. The molecule has 0 aromatic carbocycles. The fourth-order valence-corrected chi connectivity index (χ4v) is 4.02. The van der Waals surface area contributed by atoms with E-state index in [4.69, 9.17) is 0 Å². The molecule has 0 aliphatic carbocycles. The number of carbonyl (C=O) groups is 1. The van der Waals surface area contributed by atoms with Gasteiger partial charge in [-0.25, -0.2) is 0 Å². The quantitative estimate of drug-likeness (QED) is 0.821. The lowest BCUT2D eigenvalue weighted by Gasteiger charge is -2.45. The molecule has 2 saturated heterocycles. The van der Waals surface area contributed by atoms with E-state index in [1.807, 2.05) is 11.3 Å². The maximum absolute atomic E-state index is 11.6.